The average molecular weight is 339 g/mol. The first-order chi connectivity index (χ1) is 11.6. The van der Waals surface area contributed by atoms with Crippen molar-refractivity contribution in [2.45, 2.75) is 52.1 Å². The quantitative estimate of drug-likeness (QED) is 0.586. The topological polar surface area (TPSA) is 70.7 Å². The van der Waals surface area contributed by atoms with E-state index in [0.717, 1.165) is 31.7 Å². The van der Waals surface area contributed by atoms with E-state index in [0.29, 0.717) is 32.8 Å². The van der Waals surface area contributed by atoms with Crippen LogP contribution in [0.1, 0.15) is 46.0 Å². The predicted molar refractivity (Wildman–Crippen MR) is 93.6 cm³/mol. The Morgan fingerprint density at radius 3 is 2.50 bits per heavy atom. The molecule has 6 nitrogen and oxygen atoms in total. The zero-order valence-corrected chi connectivity index (χ0v) is 15.2. The number of amides is 2. The van der Waals surface area contributed by atoms with Crippen LogP contribution in [0.25, 0.3) is 0 Å². The van der Waals surface area contributed by atoms with E-state index in [1.807, 2.05) is 18.7 Å². The maximum absolute atomic E-state index is 12.2. The summed E-state index contributed by atoms with van der Waals surface area (Å²) >= 11 is 0. The van der Waals surface area contributed by atoms with Crippen molar-refractivity contribution in [2.75, 3.05) is 39.3 Å². The second kappa shape index (κ2) is 9.99. The molecule has 2 amide bonds. The van der Waals surface area contributed by atoms with Gasteiger partial charge in [-0.05, 0) is 58.4 Å². The van der Waals surface area contributed by atoms with Crippen LogP contribution in [0.15, 0.2) is 0 Å². The molecule has 0 radical (unpaired) electrons. The Kier molecular flexibility index (Phi) is 7.99. The molecule has 1 saturated carbocycles. The summed E-state index contributed by atoms with van der Waals surface area (Å²) in [5.74, 6) is 1.12. The molecular formula is C18H33N3O3. The molecular weight excluding hydrogens is 306 g/mol. The molecule has 0 aromatic carbocycles. The summed E-state index contributed by atoms with van der Waals surface area (Å²) in [5.41, 5.74) is 0. The minimum atomic E-state index is 0.0412. The molecule has 1 aliphatic carbocycles. The fourth-order valence-electron chi connectivity index (χ4n) is 2.96. The number of hydrogen-bond acceptors (Lipinski definition) is 4. The maximum atomic E-state index is 12.2. The third kappa shape index (κ3) is 7.18. The minimum absolute atomic E-state index is 0.0412. The van der Waals surface area contributed by atoms with E-state index in [9.17, 15) is 9.59 Å². The van der Waals surface area contributed by atoms with Crippen molar-refractivity contribution in [3.05, 3.63) is 0 Å². The van der Waals surface area contributed by atoms with Gasteiger partial charge in [-0.25, -0.2) is 0 Å². The third-order valence-electron chi connectivity index (χ3n) is 4.70. The first-order valence-corrected chi connectivity index (χ1v) is 9.44. The molecule has 0 aromatic rings. The fourth-order valence-corrected chi connectivity index (χ4v) is 2.96. The monoisotopic (exact) mass is 339 g/mol. The van der Waals surface area contributed by atoms with Crippen LogP contribution in [-0.4, -0.2) is 62.1 Å². The Morgan fingerprint density at radius 1 is 1.17 bits per heavy atom. The molecule has 1 aliphatic heterocycles. The first-order valence-electron chi connectivity index (χ1n) is 9.44. The number of carbonyl (C=O) groups is 2. The van der Waals surface area contributed by atoms with Crippen molar-refractivity contribution in [3.8, 4) is 0 Å². The second-order valence-electron chi connectivity index (χ2n) is 7.29. The molecule has 6 heteroatoms. The van der Waals surface area contributed by atoms with E-state index >= 15 is 0 Å². The number of nitrogens with one attached hydrogen (secondary N) is 2. The summed E-state index contributed by atoms with van der Waals surface area (Å²) in [7, 11) is 0. The highest BCUT2D eigenvalue weighted by Gasteiger charge is 2.27. The smallest absolute Gasteiger partial charge is 0.236 e. The van der Waals surface area contributed by atoms with Gasteiger partial charge in [0.25, 0.3) is 0 Å². The lowest BCUT2D eigenvalue weighted by Gasteiger charge is -2.31. The van der Waals surface area contributed by atoms with E-state index in [1.54, 1.807) is 0 Å². The highest BCUT2D eigenvalue weighted by molar-refractivity contribution is 5.80. The number of rotatable bonds is 10. The zero-order chi connectivity index (χ0) is 17.4. The average Bonchev–Trinajstić information content (AvgIpc) is 3.38. The Hall–Kier alpha value is -1.14. The van der Waals surface area contributed by atoms with Crippen molar-refractivity contribution in [3.63, 3.8) is 0 Å². The minimum Gasteiger partial charge on any atom is -0.379 e. The summed E-state index contributed by atoms with van der Waals surface area (Å²) < 4.78 is 5.46. The molecule has 0 unspecified atom stereocenters. The van der Waals surface area contributed by atoms with Crippen LogP contribution in [0, 0.1) is 11.8 Å². The lowest BCUT2D eigenvalue weighted by atomic mass is 9.96. The summed E-state index contributed by atoms with van der Waals surface area (Å²) in [6.07, 6.45) is 5.21. The lowest BCUT2D eigenvalue weighted by Crippen LogP contribution is -2.46. The van der Waals surface area contributed by atoms with Crippen molar-refractivity contribution in [1.29, 1.82) is 0 Å². The number of nitrogens with zero attached hydrogens (tertiary/aromatic N) is 1. The first kappa shape index (κ1) is 19.2. The lowest BCUT2D eigenvalue weighted by molar-refractivity contribution is -0.134. The van der Waals surface area contributed by atoms with Crippen LogP contribution in [0.4, 0.5) is 0 Å². The highest BCUT2D eigenvalue weighted by Crippen LogP contribution is 2.27. The van der Waals surface area contributed by atoms with Crippen LogP contribution in [0.3, 0.4) is 0 Å². The van der Waals surface area contributed by atoms with Crippen LogP contribution in [0.2, 0.25) is 0 Å². The molecule has 1 saturated heterocycles. The number of ether oxygens (including phenoxy) is 1. The second-order valence-corrected chi connectivity index (χ2v) is 7.29. The standard InChI is InChI=1S/C18H33N3O3/c1-14(2)24-11-3-8-20-18(23)16-6-9-21(10-7-16)17(22)13-19-12-15-4-5-15/h14-16,19H,3-13H2,1-2H3,(H,20,23). The van der Waals surface area contributed by atoms with E-state index in [1.165, 1.54) is 12.8 Å². The summed E-state index contributed by atoms with van der Waals surface area (Å²) in [6, 6.07) is 0. The summed E-state index contributed by atoms with van der Waals surface area (Å²) in [5, 5.41) is 6.23. The van der Waals surface area contributed by atoms with Gasteiger partial charge in [0.2, 0.25) is 11.8 Å². The Morgan fingerprint density at radius 2 is 1.88 bits per heavy atom. The summed E-state index contributed by atoms with van der Waals surface area (Å²) in [4.78, 5) is 26.2. The van der Waals surface area contributed by atoms with Crippen molar-refractivity contribution >= 4 is 11.8 Å². The molecule has 0 atom stereocenters. The molecule has 0 bridgehead atoms. The zero-order valence-electron chi connectivity index (χ0n) is 15.2. The normalized spacial score (nSPS) is 18.9. The van der Waals surface area contributed by atoms with Gasteiger partial charge in [-0.2, -0.15) is 0 Å². The number of likely N-dealkylation sites (tertiary alicyclic amines) is 1. The molecule has 24 heavy (non-hydrogen) atoms. The van der Waals surface area contributed by atoms with Crippen LogP contribution in [-0.2, 0) is 14.3 Å². The molecule has 2 N–H and O–H groups in total. The predicted octanol–water partition coefficient (Wildman–Crippen LogP) is 1.16. The fraction of sp³-hybridized carbons (Fsp3) is 0.889. The third-order valence-corrected chi connectivity index (χ3v) is 4.70. The number of carbonyl (C=O) groups excluding carboxylic acids is 2. The number of piperidine rings is 1. The Labute approximate surface area is 145 Å². The van der Waals surface area contributed by atoms with E-state index in [2.05, 4.69) is 10.6 Å². The molecule has 2 fully saturated rings. The molecule has 0 spiro atoms. The molecule has 1 heterocycles. The van der Waals surface area contributed by atoms with Gasteiger partial charge in [-0.3, -0.25) is 9.59 Å². The Bertz CT molecular complexity index is 402. The highest BCUT2D eigenvalue weighted by atomic mass is 16.5. The molecule has 0 aromatic heterocycles. The van der Waals surface area contributed by atoms with Crippen molar-refractivity contribution in [1.82, 2.24) is 15.5 Å². The van der Waals surface area contributed by atoms with Gasteiger partial charge in [-0.15, -0.1) is 0 Å². The van der Waals surface area contributed by atoms with Gasteiger partial charge in [0.15, 0.2) is 0 Å². The largest absolute Gasteiger partial charge is 0.379 e. The van der Waals surface area contributed by atoms with Crippen molar-refractivity contribution < 1.29 is 14.3 Å². The van der Waals surface area contributed by atoms with Gasteiger partial charge in [0.1, 0.15) is 0 Å². The van der Waals surface area contributed by atoms with Crippen LogP contribution >= 0.6 is 0 Å². The van der Waals surface area contributed by atoms with Gasteiger partial charge in [-0.1, -0.05) is 0 Å². The molecule has 2 rings (SSSR count). The van der Waals surface area contributed by atoms with Gasteiger partial charge in [0, 0.05) is 32.2 Å². The van der Waals surface area contributed by atoms with Gasteiger partial charge >= 0.3 is 0 Å². The van der Waals surface area contributed by atoms with Gasteiger partial charge < -0.3 is 20.3 Å². The summed E-state index contributed by atoms with van der Waals surface area (Å²) in [6.45, 7) is 8.14. The SMILES string of the molecule is CC(C)OCCCNC(=O)C1CCN(C(=O)CNCC2CC2)CC1. The number of hydrogen-bond donors (Lipinski definition) is 2. The van der Waals surface area contributed by atoms with E-state index < -0.39 is 0 Å². The van der Waals surface area contributed by atoms with Gasteiger partial charge in [0.05, 0.1) is 12.6 Å². The van der Waals surface area contributed by atoms with Crippen molar-refractivity contribution in [2.24, 2.45) is 11.8 Å². The van der Waals surface area contributed by atoms with E-state index in [-0.39, 0.29) is 23.8 Å². The van der Waals surface area contributed by atoms with E-state index in [4.69, 9.17) is 4.74 Å². The van der Waals surface area contributed by atoms with Crippen LogP contribution < -0.4 is 10.6 Å². The Balaban J connectivity index is 1.53. The van der Waals surface area contributed by atoms with Crippen LogP contribution in [0.5, 0.6) is 0 Å². The molecule has 138 valence electrons. The molecule has 2 aliphatic rings. The maximum Gasteiger partial charge on any atom is 0.236 e.